The van der Waals surface area contributed by atoms with E-state index in [9.17, 15) is 8.78 Å². The van der Waals surface area contributed by atoms with Crippen LogP contribution in [0.25, 0.3) is 0 Å². The first-order valence-corrected chi connectivity index (χ1v) is 4.62. The van der Waals surface area contributed by atoms with Gasteiger partial charge in [0.2, 0.25) is 0 Å². The highest BCUT2D eigenvalue weighted by molar-refractivity contribution is 5.14. The number of alkyl halides is 2. The maximum atomic E-state index is 12.9. The molecule has 2 heterocycles. The molecule has 5 heteroatoms. The second-order valence-corrected chi connectivity index (χ2v) is 3.83. The Kier molecular flexibility index (Phi) is 2.06. The van der Waals surface area contributed by atoms with Crippen LogP contribution in [-0.2, 0) is 0 Å². The quantitative estimate of drug-likeness (QED) is 0.726. The number of halogens is 2. The van der Waals surface area contributed by atoms with Crippen molar-refractivity contribution in [1.29, 1.82) is 0 Å². The van der Waals surface area contributed by atoms with Gasteiger partial charge in [0.05, 0.1) is 18.3 Å². The lowest BCUT2D eigenvalue weighted by Crippen LogP contribution is -2.19. The van der Waals surface area contributed by atoms with E-state index in [1.807, 2.05) is 13.8 Å². The molecule has 1 saturated heterocycles. The highest BCUT2D eigenvalue weighted by Crippen LogP contribution is 2.32. The Hall–Kier alpha value is -0.970. The number of aromatic nitrogens is 2. The maximum Gasteiger partial charge on any atom is 0.262 e. The molecule has 1 aliphatic rings. The van der Waals surface area contributed by atoms with Crippen molar-refractivity contribution in [3.8, 4) is 0 Å². The van der Waals surface area contributed by atoms with Gasteiger partial charge in [-0.1, -0.05) is 0 Å². The van der Waals surface area contributed by atoms with E-state index < -0.39 is 5.92 Å². The standard InChI is InChI=1S/C9H13F2N3/c1-5-6(2)14-8(13-5)7-3-9(10,11)4-12-7/h7,12H,3-4H2,1-2H3,(H,13,14)/t7-/m0/s1. The molecule has 1 aromatic rings. The molecule has 0 bridgehead atoms. The zero-order chi connectivity index (χ0) is 10.3. The van der Waals surface area contributed by atoms with E-state index >= 15 is 0 Å². The van der Waals surface area contributed by atoms with Crippen LogP contribution in [0.5, 0.6) is 0 Å². The number of H-pyrrole nitrogens is 1. The van der Waals surface area contributed by atoms with Crippen molar-refractivity contribution in [2.75, 3.05) is 6.54 Å². The van der Waals surface area contributed by atoms with Crippen LogP contribution >= 0.6 is 0 Å². The Bertz CT molecular complexity index is 326. The third-order valence-electron chi connectivity index (χ3n) is 2.59. The number of imidazole rings is 1. The molecule has 78 valence electrons. The summed E-state index contributed by atoms with van der Waals surface area (Å²) in [7, 11) is 0. The fraction of sp³-hybridized carbons (Fsp3) is 0.667. The van der Waals surface area contributed by atoms with Crippen LogP contribution in [0.2, 0.25) is 0 Å². The third kappa shape index (κ3) is 1.64. The van der Waals surface area contributed by atoms with Gasteiger partial charge in [0.25, 0.3) is 5.92 Å². The minimum Gasteiger partial charge on any atom is -0.345 e. The molecule has 2 N–H and O–H groups in total. The molecule has 0 spiro atoms. The van der Waals surface area contributed by atoms with Gasteiger partial charge in [-0.25, -0.2) is 13.8 Å². The zero-order valence-corrected chi connectivity index (χ0v) is 8.19. The predicted molar refractivity (Wildman–Crippen MR) is 48.4 cm³/mol. The van der Waals surface area contributed by atoms with E-state index in [1.54, 1.807) is 0 Å². The fourth-order valence-electron chi connectivity index (χ4n) is 1.65. The summed E-state index contributed by atoms with van der Waals surface area (Å²) < 4.78 is 25.8. The molecule has 0 aromatic carbocycles. The van der Waals surface area contributed by atoms with Crippen molar-refractivity contribution in [1.82, 2.24) is 15.3 Å². The smallest absolute Gasteiger partial charge is 0.262 e. The summed E-state index contributed by atoms with van der Waals surface area (Å²) in [6.45, 7) is 3.50. The molecule has 3 nitrogen and oxygen atoms in total. The van der Waals surface area contributed by atoms with Gasteiger partial charge < -0.3 is 10.3 Å². The molecular formula is C9H13F2N3. The van der Waals surface area contributed by atoms with Gasteiger partial charge in [-0.15, -0.1) is 0 Å². The Labute approximate surface area is 80.9 Å². The predicted octanol–water partition coefficient (Wildman–Crippen LogP) is 1.70. The average molecular weight is 201 g/mol. The summed E-state index contributed by atoms with van der Waals surface area (Å²) in [5, 5.41) is 2.76. The van der Waals surface area contributed by atoms with E-state index in [4.69, 9.17) is 0 Å². The molecule has 1 aliphatic heterocycles. The van der Waals surface area contributed by atoms with E-state index in [-0.39, 0.29) is 19.0 Å². The Balaban J connectivity index is 2.17. The first-order chi connectivity index (χ1) is 6.48. The number of aromatic amines is 1. The van der Waals surface area contributed by atoms with Crippen LogP contribution in [-0.4, -0.2) is 22.4 Å². The van der Waals surface area contributed by atoms with Gasteiger partial charge in [0.15, 0.2) is 0 Å². The lowest BCUT2D eigenvalue weighted by molar-refractivity contribution is 0.0208. The molecule has 0 aliphatic carbocycles. The summed E-state index contributed by atoms with van der Waals surface area (Å²) in [6, 6.07) is -0.336. The fourth-order valence-corrected chi connectivity index (χ4v) is 1.65. The average Bonchev–Trinajstić information content (AvgIpc) is 2.57. The molecule has 0 unspecified atom stereocenters. The summed E-state index contributed by atoms with van der Waals surface area (Å²) in [6.07, 6.45) is -0.167. The lowest BCUT2D eigenvalue weighted by Gasteiger charge is -2.06. The van der Waals surface area contributed by atoms with Crippen LogP contribution < -0.4 is 5.32 Å². The first kappa shape index (κ1) is 9.58. The third-order valence-corrected chi connectivity index (χ3v) is 2.59. The van der Waals surface area contributed by atoms with Crippen LogP contribution in [0.4, 0.5) is 8.78 Å². The van der Waals surface area contributed by atoms with Crippen LogP contribution in [0.1, 0.15) is 29.7 Å². The topological polar surface area (TPSA) is 40.7 Å². The highest BCUT2D eigenvalue weighted by Gasteiger charge is 2.40. The summed E-state index contributed by atoms with van der Waals surface area (Å²) >= 11 is 0. The number of hydrogen-bond donors (Lipinski definition) is 2. The molecule has 0 amide bonds. The largest absolute Gasteiger partial charge is 0.345 e. The number of rotatable bonds is 1. The van der Waals surface area contributed by atoms with Gasteiger partial charge >= 0.3 is 0 Å². The summed E-state index contributed by atoms with van der Waals surface area (Å²) in [5.74, 6) is -1.98. The minimum atomic E-state index is -2.60. The molecule has 0 saturated carbocycles. The monoisotopic (exact) mass is 201 g/mol. The van der Waals surface area contributed by atoms with Crippen LogP contribution in [0, 0.1) is 13.8 Å². The number of aryl methyl sites for hydroxylation is 2. The van der Waals surface area contributed by atoms with Crippen molar-refractivity contribution in [3.63, 3.8) is 0 Å². The van der Waals surface area contributed by atoms with Crippen molar-refractivity contribution in [2.24, 2.45) is 0 Å². The maximum absolute atomic E-state index is 12.9. The van der Waals surface area contributed by atoms with E-state index in [0.29, 0.717) is 5.82 Å². The molecule has 14 heavy (non-hydrogen) atoms. The second kappa shape index (κ2) is 3.02. The van der Waals surface area contributed by atoms with Gasteiger partial charge in [-0.2, -0.15) is 0 Å². The zero-order valence-electron chi connectivity index (χ0n) is 8.19. The molecule has 1 fully saturated rings. The van der Waals surface area contributed by atoms with Crippen LogP contribution in [0.15, 0.2) is 0 Å². The first-order valence-electron chi connectivity index (χ1n) is 4.62. The van der Waals surface area contributed by atoms with Crippen molar-refractivity contribution < 1.29 is 8.78 Å². The molecular weight excluding hydrogens is 188 g/mol. The van der Waals surface area contributed by atoms with Gasteiger partial charge in [0.1, 0.15) is 5.82 Å². The van der Waals surface area contributed by atoms with Crippen molar-refractivity contribution >= 4 is 0 Å². The summed E-state index contributed by atoms with van der Waals surface area (Å²) in [4.78, 5) is 7.22. The van der Waals surface area contributed by atoms with E-state index in [1.165, 1.54) is 0 Å². The number of nitrogens with one attached hydrogen (secondary N) is 2. The van der Waals surface area contributed by atoms with Gasteiger partial charge in [0, 0.05) is 12.1 Å². The van der Waals surface area contributed by atoms with Crippen molar-refractivity contribution in [3.05, 3.63) is 17.2 Å². The SMILES string of the molecule is Cc1nc([C@@H]2CC(F)(F)CN2)[nH]c1C. The summed E-state index contributed by atoms with van der Waals surface area (Å²) in [5.41, 5.74) is 1.81. The minimum absolute atomic E-state index is 0.167. The lowest BCUT2D eigenvalue weighted by atomic mass is 10.2. The van der Waals surface area contributed by atoms with E-state index in [2.05, 4.69) is 15.3 Å². The molecule has 1 atom stereocenters. The Morgan fingerprint density at radius 2 is 2.14 bits per heavy atom. The molecule has 2 rings (SSSR count). The Morgan fingerprint density at radius 1 is 1.43 bits per heavy atom. The van der Waals surface area contributed by atoms with Gasteiger partial charge in [-0.05, 0) is 13.8 Å². The normalized spacial score (nSPS) is 25.6. The Morgan fingerprint density at radius 3 is 2.57 bits per heavy atom. The molecule has 0 radical (unpaired) electrons. The van der Waals surface area contributed by atoms with Crippen molar-refractivity contribution in [2.45, 2.75) is 32.2 Å². The second-order valence-electron chi connectivity index (χ2n) is 3.83. The van der Waals surface area contributed by atoms with E-state index in [0.717, 1.165) is 11.4 Å². The van der Waals surface area contributed by atoms with Crippen LogP contribution in [0.3, 0.4) is 0 Å². The number of nitrogens with zero attached hydrogens (tertiary/aromatic N) is 1. The van der Waals surface area contributed by atoms with Gasteiger partial charge in [-0.3, -0.25) is 0 Å². The number of hydrogen-bond acceptors (Lipinski definition) is 2. The molecule has 1 aromatic heterocycles. The highest BCUT2D eigenvalue weighted by atomic mass is 19.3.